The first-order valence-corrected chi connectivity index (χ1v) is 10.2. The fourth-order valence-corrected chi connectivity index (χ4v) is 3.05. The van der Waals surface area contributed by atoms with Crippen molar-refractivity contribution in [2.45, 2.75) is 13.3 Å². The van der Waals surface area contributed by atoms with Crippen LogP contribution in [0.15, 0.2) is 46.9 Å². The van der Waals surface area contributed by atoms with E-state index in [0.29, 0.717) is 33.6 Å². The molecule has 0 aliphatic carbocycles. The summed E-state index contributed by atoms with van der Waals surface area (Å²) in [4.78, 5) is 24.7. The van der Waals surface area contributed by atoms with Gasteiger partial charge >= 0.3 is 0 Å². The smallest absolute Gasteiger partial charge is 0.257 e. The van der Waals surface area contributed by atoms with Crippen LogP contribution in [0.25, 0.3) is 0 Å². The second-order valence-corrected chi connectivity index (χ2v) is 7.19. The molecule has 0 unspecified atom stereocenters. The number of aliphatic hydroxyl groups is 1. The van der Waals surface area contributed by atoms with E-state index in [1.54, 1.807) is 42.5 Å². The Morgan fingerprint density at radius 2 is 1.93 bits per heavy atom. The molecule has 0 aromatic heterocycles. The maximum atomic E-state index is 12.5. The first-order valence-electron chi connectivity index (χ1n) is 8.99. The molecule has 0 saturated heterocycles. The van der Waals surface area contributed by atoms with Gasteiger partial charge in [0.2, 0.25) is 0 Å². The lowest BCUT2D eigenvalue weighted by Gasteiger charge is -2.14. The Morgan fingerprint density at radius 3 is 2.62 bits per heavy atom. The lowest BCUT2D eigenvalue weighted by molar-refractivity contribution is 0.0944. The van der Waals surface area contributed by atoms with Crippen LogP contribution >= 0.6 is 28.1 Å². The van der Waals surface area contributed by atoms with E-state index in [9.17, 15) is 9.59 Å². The van der Waals surface area contributed by atoms with E-state index in [4.69, 9.17) is 22.1 Å². The summed E-state index contributed by atoms with van der Waals surface area (Å²) in [5.41, 5.74) is 1.19. The van der Waals surface area contributed by atoms with Crippen LogP contribution in [0, 0.1) is 0 Å². The van der Waals surface area contributed by atoms with Crippen LogP contribution in [0.4, 0.5) is 5.69 Å². The van der Waals surface area contributed by atoms with Gasteiger partial charge in [0.05, 0.1) is 28.9 Å². The number of ether oxygens (including phenoxy) is 1. The van der Waals surface area contributed by atoms with E-state index in [2.05, 4.69) is 31.9 Å². The number of thiocarbonyl (C=S) groups is 1. The predicted octanol–water partition coefficient (Wildman–Crippen LogP) is 3.09. The van der Waals surface area contributed by atoms with Gasteiger partial charge < -0.3 is 20.5 Å². The lowest BCUT2D eigenvalue weighted by Crippen LogP contribution is -2.35. The van der Waals surface area contributed by atoms with Crippen LogP contribution in [0.1, 0.15) is 34.1 Å². The first kappa shape index (κ1) is 22.8. The number of rotatable bonds is 8. The summed E-state index contributed by atoms with van der Waals surface area (Å²) in [6.45, 7) is 2.58. The van der Waals surface area contributed by atoms with Crippen molar-refractivity contribution in [1.29, 1.82) is 0 Å². The largest absolute Gasteiger partial charge is 0.492 e. The summed E-state index contributed by atoms with van der Waals surface area (Å²) >= 11 is 8.61. The van der Waals surface area contributed by atoms with Gasteiger partial charge in [-0.05, 0) is 64.9 Å². The standard InChI is InChI=1S/C20H22BrN3O4S/c1-2-11-28-17-8-7-13(12-15(17)21)18(26)24-20(29)23-16-6-4-3-5-14(16)19(27)22-9-10-25/h3-8,12,25H,2,9-11H2,1H3,(H,22,27)(H2,23,24,26,29). The molecule has 2 amide bonds. The Hall–Kier alpha value is -2.49. The molecule has 4 N–H and O–H groups in total. The molecule has 0 radical (unpaired) electrons. The highest BCUT2D eigenvalue weighted by Gasteiger charge is 2.14. The summed E-state index contributed by atoms with van der Waals surface area (Å²) in [5, 5.41) is 16.9. The number of benzene rings is 2. The summed E-state index contributed by atoms with van der Waals surface area (Å²) < 4.78 is 6.24. The minimum Gasteiger partial charge on any atom is -0.492 e. The van der Waals surface area contributed by atoms with E-state index in [0.717, 1.165) is 6.42 Å². The minimum atomic E-state index is -0.396. The van der Waals surface area contributed by atoms with E-state index in [1.807, 2.05) is 6.92 Å². The Morgan fingerprint density at radius 1 is 1.17 bits per heavy atom. The van der Waals surface area contributed by atoms with Gasteiger partial charge in [0.1, 0.15) is 5.75 Å². The Labute approximate surface area is 183 Å². The Kier molecular flexibility index (Phi) is 9.04. The number of carbonyl (C=O) groups excluding carboxylic acids is 2. The molecule has 2 aromatic rings. The zero-order valence-electron chi connectivity index (χ0n) is 15.8. The number of amides is 2. The number of carbonyl (C=O) groups is 2. The van der Waals surface area contributed by atoms with E-state index >= 15 is 0 Å². The van der Waals surface area contributed by atoms with E-state index in [-0.39, 0.29) is 24.2 Å². The molecule has 0 aliphatic heterocycles. The molecular weight excluding hydrogens is 458 g/mol. The van der Waals surface area contributed by atoms with Crippen LogP contribution in [-0.4, -0.2) is 41.8 Å². The molecule has 154 valence electrons. The quantitative estimate of drug-likeness (QED) is 0.434. The molecule has 0 aliphatic rings. The normalized spacial score (nSPS) is 10.2. The Bertz CT molecular complexity index is 892. The molecule has 2 rings (SSSR count). The van der Waals surface area contributed by atoms with Crippen LogP contribution in [0.3, 0.4) is 0 Å². The zero-order valence-corrected chi connectivity index (χ0v) is 18.2. The van der Waals surface area contributed by atoms with Crippen molar-refractivity contribution in [2.24, 2.45) is 0 Å². The summed E-state index contributed by atoms with van der Waals surface area (Å²) in [6, 6.07) is 11.7. The maximum Gasteiger partial charge on any atom is 0.257 e. The fraction of sp³-hybridized carbons (Fsp3) is 0.250. The topological polar surface area (TPSA) is 99.7 Å². The van der Waals surface area contributed by atoms with Crippen molar-refractivity contribution in [2.75, 3.05) is 25.1 Å². The van der Waals surface area contributed by atoms with Crippen molar-refractivity contribution in [3.8, 4) is 5.75 Å². The fourth-order valence-electron chi connectivity index (χ4n) is 2.35. The SMILES string of the molecule is CCCOc1ccc(C(=O)NC(=S)Nc2ccccc2C(=O)NCCO)cc1Br. The number of nitrogens with one attached hydrogen (secondary N) is 3. The number of hydrogen-bond acceptors (Lipinski definition) is 5. The molecule has 9 heteroatoms. The van der Waals surface area contributed by atoms with Gasteiger partial charge in [-0.15, -0.1) is 0 Å². The van der Waals surface area contributed by atoms with Gasteiger partial charge in [0, 0.05) is 12.1 Å². The minimum absolute atomic E-state index is 0.0554. The third-order valence-corrected chi connectivity index (χ3v) is 4.52. The van der Waals surface area contributed by atoms with Gasteiger partial charge in [0.15, 0.2) is 5.11 Å². The molecule has 0 fully saturated rings. The van der Waals surface area contributed by atoms with Gasteiger partial charge in [-0.1, -0.05) is 19.1 Å². The monoisotopic (exact) mass is 479 g/mol. The average molecular weight is 480 g/mol. The highest BCUT2D eigenvalue weighted by molar-refractivity contribution is 9.10. The number of halogens is 1. The summed E-state index contributed by atoms with van der Waals surface area (Å²) in [7, 11) is 0. The molecule has 2 aromatic carbocycles. The van der Waals surface area contributed by atoms with Crippen molar-refractivity contribution in [1.82, 2.24) is 10.6 Å². The number of aliphatic hydroxyl groups excluding tert-OH is 1. The average Bonchev–Trinajstić information content (AvgIpc) is 2.71. The van der Waals surface area contributed by atoms with Crippen molar-refractivity contribution in [3.05, 3.63) is 58.1 Å². The summed E-state index contributed by atoms with van der Waals surface area (Å²) in [5.74, 6) is -0.0951. The molecule has 29 heavy (non-hydrogen) atoms. The molecule has 0 heterocycles. The van der Waals surface area contributed by atoms with Crippen molar-refractivity contribution in [3.63, 3.8) is 0 Å². The summed E-state index contributed by atoms with van der Waals surface area (Å²) in [6.07, 6.45) is 0.883. The third-order valence-electron chi connectivity index (χ3n) is 3.70. The Balaban J connectivity index is 2.03. The molecule has 7 nitrogen and oxygen atoms in total. The van der Waals surface area contributed by atoms with Crippen LogP contribution in [0.2, 0.25) is 0 Å². The van der Waals surface area contributed by atoms with Gasteiger partial charge in [-0.25, -0.2) is 0 Å². The molecular formula is C20H22BrN3O4S. The highest BCUT2D eigenvalue weighted by Crippen LogP contribution is 2.26. The molecule has 0 bridgehead atoms. The van der Waals surface area contributed by atoms with Gasteiger partial charge in [0.25, 0.3) is 11.8 Å². The zero-order chi connectivity index (χ0) is 21.2. The number of anilines is 1. The van der Waals surface area contributed by atoms with Gasteiger partial charge in [-0.2, -0.15) is 0 Å². The molecule has 0 spiro atoms. The number of hydrogen-bond donors (Lipinski definition) is 4. The maximum absolute atomic E-state index is 12.5. The van der Waals surface area contributed by atoms with Crippen molar-refractivity contribution < 1.29 is 19.4 Å². The second-order valence-electron chi connectivity index (χ2n) is 5.93. The third kappa shape index (κ3) is 6.81. The van der Waals surface area contributed by atoms with Gasteiger partial charge in [-0.3, -0.25) is 14.9 Å². The van der Waals surface area contributed by atoms with Crippen molar-refractivity contribution >= 4 is 50.8 Å². The van der Waals surface area contributed by atoms with E-state index < -0.39 is 5.91 Å². The second kappa shape index (κ2) is 11.5. The number of para-hydroxylation sites is 1. The predicted molar refractivity (Wildman–Crippen MR) is 119 cm³/mol. The molecule has 0 saturated carbocycles. The molecule has 0 atom stereocenters. The van der Waals surface area contributed by atoms with E-state index in [1.165, 1.54) is 0 Å². The highest BCUT2D eigenvalue weighted by atomic mass is 79.9. The van der Waals surface area contributed by atoms with Crippen LogP contribution in [0.5, 0.6) is 5.75 Å². The van der Waals surface area contributed by atoms with Crippen LogP contribution < -0.4 is 20.7 Å². The lowest BCUT2D eigenvalue weighted by atomic mass is 10.1. The van der Waals surface area contributed by atoms with Crippen LogP contribution in [-0.2, 0) is 0 Å². The first-order chi connectivity index (χ1) is 14.0.